The molecular formula is C22H19N3O5S. The molecule has 0 aliphatic carbocycles. The van der Waals surface area contributed by atoms with Crippen LogP contribution < -0.4 is 10.6 Å². The molecule has 9 heteroatoms. The van der Waals surface area contributed by atoms with Crippen LogP contribution in [0.15, 0.2) is 76.0 Å². The van der Waals surface area contributed by atoms with Crippen LogP contribution in [0.1, 0.15) is 26.8 Å². The summed E-state index contributed by atoms with van der Waals surface area (Å²) in [6.07, 6.45) is 0. The molecule has 2 aromatic carbocycles. The van der Waals surface area contributed by atoms with Gasteiger partial charge in [-0.15, -0.1) is 0 Å². The third kappa shape index (κ3) is 4.36. The number of carbonyl (C=O) groups is 2. The molecule has 4 rings (SSSR count). The number of sulfone groups is 1. The van der Waals surface area contributed by atoms with Gasteiger partial charge in [0.2, 0.25) is 0 Å². The Kier molecular flexibility index (Phi) is 5.35. The number of aromatic amines is 1. The predicted octanol–water partition coefficient (Wildman–Crippen LogP) is 3.35. The van der Waals surface area contributed by atoms with E-state index in [0.29, 0.717) is 11.4 Å². The van der Waals surface area contributed by atoms with E-state index in [2.05, 4.69) is 15.6 Å². The standard InChI is InChI=1S/C22H19N3O5S/c1-23-21(26)19-12-14-11-15(7-9-18(14)25-19)24-22(27)20-10-8-16(30-20)13-31(28,29)17-5-3-2-4-6-17/h2-12,25H,13H2,1H3,(H,23,26)(H,24,27). The van der Waals surface area contributed by atoms with Crippen molar-refractivity contribution in [3.05, 3.63) is 83.9 Å². The fourth-order valence-corrected chi connectivity index (χ4v) is 4.40. The average Bonchev–Trinajstić information content (AvgIpc) is 3.40. The van der Waals surface area contributed by atoms with Crippen molar-refractivity contribution < 1.29 is 22.4 Å². The smallest absolute Gasteiger partial charge is 0.291 e. The first-order chi connectivity index (χ1) is 14.9. The average molecular weight is 437 g/mol. The Morgan fingerprint density at radius 1 is 0.968 bits per heavy atom. The van der Waals surface area contributed by atoms with E-state index in [1.807, 2.05) is 0 Å². The van der Waals surface area contributed by atoms with Crippen molar-refractivity contribution in [2.24, 2.45) is 0 Å². The molecule has 158 valence electrons. The van der Waals surface area contributed by atoms with Crippen molar-refractivity contribution in [1.29, 1.82) is 0 Å². The van der Waals surface area contributed by atoms with Crippen LogP contribution in [0.3, 0.4) is 0 Å². The lowest BCUT2D eigenvalue weighted by Crippen LogP contribution is -2.17. The summed E-state index contributed by atoms with van der Waals surface area (Å²) in [5, 5.41) is 6.01. The largest absolute Gasteiger partial charge is 0.455 e. The molecule has 2 heterocycles. The van der Waals surface area contributed by atoms with E-state index >= 15 is 0 Å². The summed E-state index contributed by atoms with van der Waals surface area (Å²) in [6.45, 7) is 0. The Bertz CT molecular complexity index is 1370. The quantitative estimate of drug-likeness (QED) is 0.427. The number of benzene rings is 2. The number of fused-ring (bicyclic) bond motifs is 1. The molecule has 0 bridgehead atoms. The van der Waals surface area contributed by atoms with E-state index in [-0.39, 0.29) is 28.1 Å². The molecule has 0 aliphatic rings. The van der Waals surface area contributed by atoms with E-state index in [1.165, 1.54) is 24.3 Å². The fraction of sp³-hybridized carbons (Fsp3) is 0.0909. The maximum Gasteiger partial charge on any atom is 0.291 e. The zero-order valence-electron chi connectivity index (χ0n) is 16.5. The third-order valence-electron chi connectivity index (χ3n) is 4.67. The Hall–Kier alpha value is -3.85. The first-order valence-electron chi connectivity index (χ1n) is 9.38. The topological polar surface area (TPSA) is 121 Å². The Labute approximate surface area is 178 Å². The maximum atomic E-state index is 12.5. The van der Waals surface area contributed by atoms with Crippen molar-refractivity contribution >= 4 is 38.2 Å². The second-order valence-electron chi connectivity index (χ2n) is 6.86. The van der Waals surface area contributed by atoms with Gasteiger partial charge in [0, 0.05) is 23.6 Å². The van der Waals surface area contributed by atoms with Crippen LogP contribution in [0.25, 0.3) is 10.9 Å². The summed E-state index contributed by atoms with van der Waals surface area (Å²) < 4.78 is 30.4. The summed E-state index contributed by atoms with van der Waals surface area (Å²) in [6, 6.07) is 17.8. The van der Waals surface area contributed by atoms with Crippen LogP contribution in [0, 0.1) is 0 Å². The Morgan fingerprint density at radius 2 is 1.74 bits per heavy atom. The van der Waals surface area contributed by atoms with Gasteiger partial charge in [-0.2, -0.15) is 0 Å². The third-order valence-corrected chi connectivity index (χ3v) is 6.33. The number of hydrogen-bond acceptors (Lipinski definition) is 5. The minimum Gasteiger partial charge on any atom is -0.455 e. The minimum atomic E-state index is -3.58. The number of rotatable bonds is 6. The molecule has 2 aromatic heterocycles. The zero-order valence-corrected chi connectivity index (χ0v) is 17.3. The first-order valence-corrected chi connectivity index (χ1v) is 11.0. The number of aromatic nitrogens is 1. The highest BCUT2D eigenvalue weighted by Gasteiger charge is 2.19. The van der Waals surface area contributed by atoms with Crippen molar-refractivity contribution in [3.8, 4) is 0 Å². The minimum absolute atomic E-state index is 0.00141. The van der Waals surface area contributed by atoms with Crippen molar-refractivity contribution in [2.75, 3.05) is 12.4 Å². The van der Waals surface area contributed by atoms with Crippen LogP contribution in [0.4, 0.5) is 5.69 Å². The monoisotopic (exact) mass is 437 g/mol. The van der Waals surface area contributed by atoms with Crippen LogP contribution in [0.5, 0.6) is 0 Å². The summed E-state index contributed by atoms with van der Waals surface area (Å²) in [5.41, 5.74) is 1.68. The number of hydrogen-bond donors (Lipinski definition) is 3. The van der Waals surface area contributed by atoms with Crippen molar-refractivity contribution in [1.82, 2.24) is 10.3 Å². The second kappa shape index (κ2) is 8.11. The number of H-pyrrole nitrogens is 1. The van der Waals surface area contributed by atoms with E-state index in [4.69, 9.17) is 4.42 Å². The summed E-state index contributed by atoms with van der Waals surface area (Å²) in [5.74, 6) is -0.925. The highest BCUT2D eigenvalue weighted by atomic mass is 32.2. The molecule has 0 aliphatic heterocycles. The molecule has 4 aromatic rings. The molecule has 0 saturated carbocycles. The van der Waals surface area contributed by atoms with Gasteiger partial charge in [-0.05, 0) is 48.5 Å². The van der Waals surface area contributed by atoms with Gasteiger partial charge in [-0.3, -0.25) is 9.59 Å². The highest BCUT2D eigenvalue weighted by Crippen LogP contribution is 2.22. The zero-order chi connectivity index (χ0) is 22.0. The Balaban J connectivity index is 1.48. The van der Waals surface area contributed by atoms with Crippen molar-refractivity contribution in [3.63, 3.8) is 0 Å². The van der Waals surface area contributed by atoms with Crippen molar-refractivity contribution in [2.45, 2.75) is 10.6 Å². The van der Waals surface area contributed by atoms with Gasteiger partial charge in [0.05, 0.1) is 4.90 Å². The van der Waals surface area contributed by atoms with Crippen LogP contribution >= 0.6 is 0 Å². The second-order valence-corrected chi connectivity index (χ2v) is 8.85. The molecule has 2 amide bonds. The molecule has 31 heavy (non-hydrogen) atoms. The van der Waals surface area contributed by atoms with Crippen LogP contribution in [-0.4, -0.2) is 32.3 Å². The molecule has 0 unspecified atom stereocenters. The number of amides is 2. The molecule has 8 nitrogen and oxygen atoms in total. The summed E-state index contributed by atoms with van der Waals surface area (Å²) in [7, 11) is -2.03. The van der Waals surface area contributed by atoms with Gasteiger partial charge in [0.1, 0.15) is 17.2 Å². The normalized spacial score (nSPS) is 11.4. The van der Waals surface area contributed by atoms with Gasteiger partial charge in [0.25, 0.3) is 11.8 Å². The van der Waals surface area contributed by atoms with Gasteiger partial charge < -0.3 is 20.0 Å². The molecule has 0 radical (unpaired) electrons. The number of carbonyl (C=O) groups excluding carboxylic acids is 2. The van der Waals surface area contributed by atoms with E-state index < -0.39 is 15.7 Å². The number of furan rings is 1. The first kappa shape index (κ1) is 20.4. The molecule has 3 N–H and O–H groups in total. The van der Waals surface area contributed by atoms with Gasteiger partial charge in [-0.1, -0.05) is 18.2 Å². The molecule has 0 fully saturated rings. The number of nitrogens with one attached hydrogen (secondary N) is 3. The van der Waals surface area contributed by atoms with E-state index in [1.54, 1.807) is 49.5 Å². The number of anilines is 1. The summed E-state index contributed by atoms with van der Waals surface area (Å²) in [4.78, 5) is 27.5. The lowest BCUT2D eigenvalue weighted by Gasteiger charge is -2.04. The fourth-order valence-electron chi connectivity index (χ4n) is 3.14. The lowest BCUT2D eigenvalue weighted by molar-refractivity contribution is 0.0957. The Morgan fingerprint density at radius 3 is 2.48 bits per heavy atom. The van der Waals surface area contributed by atoms with Crippen LogP contribution in [-0.2, 0) is 15.6 Å². The predicted molar refractivity (Wildman–Crippen MR) is 116 cm³/mol. The molecule has 0 saturated heterocycles. The van der Waals surface area contributed by atoms with E-state index in [9.17, 15) is 18.0 Å². The lowest BCUT2D eigenvalue weighted by atomic mass is 10.2. The summed E-state index contributed by atoms with van der Waals surface area (Å²) >= 11 is 0. The molecular weight excluding hydrogens is 418 g/mol. The van der Waals surface area contributed by atoms with E-state index in [0.717, 1.165) is 10.9 Å². The SMILES string of the molecule is CNC(=O)c1cc2cc(NC(=O)c3ccc(CS(=O)(=O)c4ccccc4)o3)ccc2[nH]1. The van der Waals surface area contributed by atoms with Gasteiger partial charge in [0.15, 0.2) is 15.6 Å². The maximum absolute atomic E-state index is 12.5. The van der Waals surface area contributed by atoms with Gasteiger partial charge >= 0.3 is 0 Å². The molecule has 0 atom stereocenters. The molecule has 0 spiro atoms. The highest BCUT2D eigenvalue weighted by molar-refractivity contribution is 7.90. The van der Waals surface area contributed by atoms with Gasteiger partial charge in [-0.25, -0.2) is 8.42 Å². The van der Waals surface area contributed by atoms with Crippen LogP contribution in [0.2, 0.25) is 0 Å².